The third-order valence-electron chi connectivity index (χ3n) is 2.73. The van der Waals surface area contributed by atoms with Crippen LogP contribution in [0.3, 0.4) is 0 Å². The van der Waals surface area contributed by atoms with Crippen molar-refractivity contribution in [2.24, 2.45) is 0 Å². The van der Waals surface area contributed by atoms with E-state index in [2.05, 4.69) is 0 Å². The number of benzene rings is 1. The molecule has 5 heteroatoms. The molecule has 1 saturated heterocycles. The highest BCUT2D eigenvalue weighted by atomic mass is 16.6. The zero-order chi connectivity index (χ0) is 13.0. The maximum atomic E-state index is 11.8. The second-order valence-electron chi connectivity index (χ2n) is 3.95. The summed E-state index contributed by atoms with van der Waals surface area (Å²) in [7, 11) is 1.45. The number of hydrogen-bond acceptors (Lipinski definition) is 5. The molecule has 0 aliphatic carbocycles. The van der Waals surface area contributed by atoms with Gasteiger partial charge in [0, 0.05) is 12.2 Å². The van der Waals surface area contributed by atoms with Crippen LogP contribution >= 0.6 is 0 Å². The fraction of sp³-hybridized carbons (Fsp3) is 0.385. The van der Waals surface area contributed by atoms with Crippen LogP contribution in [0.2, 0.25) is 0 Å². The highest BCUT2D eigenvalue weighted by molar-refractivity contribution is 5.80. The Morgan fingerprint density at radius 2 is 2.28 bits per heavy atom. The van der Waals surface area contributed by atoms with Crippen molar-refractivity contribution < 1.29 is 23.8 Å². The molecule has 1 aromatic rings. The van der Waals surface area contributed by atoms with Gasteiger partial charge in [0.1, 0.15) is 6.29 Å². The summed E-state index contributed by atoms with van der Waals surface area (Å²) in [6.45, 7) is 0.584. The van der Waals surface area contributed by atoms with Gasteiger partial charge in [-0.25, -0.2) is 4.79 Å². The van der Waals surface area contributed by atoms with Gasteiger partial charge in [0.25, 0.3) is 0 Å². The van der Waals surface area contributed by atoms with Gasteiger partial charge >= 0.3 is 5.97 Å². The standard InChI is InChI=1S/C13H14O5/c1-16-12-7-9(8-14)4-5-10(12)18-13(15)11-3-2-6-17-11/h4-5,7-8,11H,2-3,6H2,1H3. The van der Waals surface area contributed by atoms with Gasteiger partial charge in [-0.15, -0.1) is 0 Å². The average Bonchev–Trinajstić information content (AvgIpc) is 2.93. The third-order valence-corrected chi connectivity index (χ3v) is 2.73. The Bertz CT molecular complexity index is 449. The zero-order valence-corrected chi connectivity index (χ0v) is 10.0. The lowest BCUT2D eigenvalue weighted by atomic mass is 10.2. The number of aldehydes is 1. The molecule has 2 rings (SSSR count). The highest BCUT2D eigenvalue weighted by Crippen LogP contribution is 2.28. The number of carbonyl (C=O) groups is 2. The second-order valence-corrected chi connectivity index (χ2v) is 3.95. The van der Waals surface area contributed by atoms with E-state index in [0.29, 0.717) is 36.4 Å². The molecule has 0 saturated carbocycles. The van der Waals surface area contributed by atoms with E-state index in [0.717, 1.165) is 6.42 Å². The summed E-state index contributed by atoms with van der Waals surface area (Å²) in [6.07, 6.45) is 1.74. The molecule has 5 nitrogen and oxygen atoms in total. The summed E-state index contributed by atoms with van der Waals surface area (Å²) in [5, 5.41) is 0. The Hall–Kier alpha value is -1.88. The molecule has 1 heterocycles. The van der Waals surface area contributed by atoms with Crippen LogP contribution in [-0.2, 0) is 9.53 Å². The predicted molar refractivity (Wildman–Crippen MR) is 63.0 cm³/mol. The third kappa shape index (κ3) is 2.68. The number of esters is 1. The molecule has 1 aliphatic heterocycles. The Labute approximate surface area is 105 Å². The molecule has 0 amide bonds. The fourth-order valence-electron chi connectivity index (χ4n) is 1.78. The molecule has 1 atom stereocenters. The molecule has 0 N–H and O–H groups in total. The predicted octanol–water partition coefficient (Wildman–Crippen LogP) is 1.59. The van der Waals surface area contributed by atoms with Crippen molar-refractivity contribution in [2.75, 3.05) is 13.7 Å². The summed E-state index contributed by atoms with van der Waals surface area (Å²) < 4.78 is 15.5. The van der Waals surface area contributed by atoms with E-state index >= 15 is 0 Å². The van der Waals surface area contributed by atoms with Crippen molar-refractivity contribution in [3.05, 3.63) is 23.8 Å². The topological polar surface area (TPSA) is 61.8 Å². The van der Waals surface area contributed by atoms with Gasteiger partial charge in [-0.3, -0.25) is 4.79 Å². The largest absolute Gasteiger partial charge is 0.493 e. The van der Waals surface area contributed by atoms with Crippen LogP contribution in [0.4, 0.5) is 0 Å². The first-order valence-corrected chi connectivity index (χ1v) is 5.71. The van der Waals surface area contributed by atoms with E-state index in [1.165, 1.54) is 19.2 Å². The SMILES string of the molecule is COc1cc(C=O)ccc1OC(=O)C1CCCO1. The van der Waals surface area contributed by atoms with Gasteiger partial charge in [-0.1, -0.05) is 0 Å². The maximum Gasteiger partial charge on any atom is 0.340 e. The lowest BCUT2D eigenvalue weighted by Gasteiger charge is -2.12. The summed E-state index contributed by atoms with van der Waals surface area (Å²) >= 11 is 0. The molecule has 1 unspecified atom stereocenters. The number of carbonyl (C=O) groups excluding carboxylic acids is 2. The van der Waals surface area contributed by atoms with E-state index in [-0.39, 0.29) is 0 Å². The van der Waals surface area contributed by atoms with Crippen LogP contribution in [0, 0.1) is 0 Å². The van der Waals surface area contributed by atoms with Gasteiger partial charge in [-0.05, 0) is 31.0 Å². The molecule has 1 fully saturated rings. The monoisotopic (exact) mass is 250 g/mol. The molecule has 96 valence electrons. The highest BCUT2D eigenvalue weighted by Gasteiger charge is 2.26. The molecule has 0 aromatic heterocycles. The molecular formula is C13H14O5. The van der Waals surface area contributed by atoms with Gasteiger partial charge in [0.05, 0.1) is 7.11 Å². The number of ether oxygens (including phenoxy) is 3. The Morgan fingerprint density at radius 1 is 1.44 bits per heavy atom. The zero-order valence-electron chi connectivity index (χ0n) is 10.0. The number of rotatable bonds is 4. The van der Waals surface area contributed by atoms with Gasteiger partial charge in [0.15, 0.2) is 17.6 Å². The lowest BCUT2D eigenvalue weighted by molar-refractivity contribution is -0.144. The molecular weight excluding hydrogens is 236 g/mol. The van der Waals surface area contributed by atoms with Crippen molar-refractivity contribution >= 4 is 12.3 Å². The minimum atomic E-state index is -0.500. The van der Waals surface area contributed by atoms with Crippen LogP contribution in [0.25, 0.3) is 0 Å². The van der Waals surface area contributed by atoms with Crippen molar-refractivity contribution in [3.63, 3.8) is 0 Å². The maximum absolute atomic E-state index is 11.8. The fourth-order valence-corrected chi connectivity index (χ4v) is 1.78. The van der Waals surface area contributed by atoms with E-state index < -0.39 is 12.1 Å². The van der Waals surface area contributed by atoms with Crippen LogP contribution in [0.15, 0.2) is 18.2 Å². The minimum Gasteiger partial charge on any atom is -0.493 e. The van der Waals surface area contributed by atoms with Crippen molar-refractivity contribution in [2.45, 2.75) is 18.9 Å². The second kappa shape index (κ2) is 5.64. The number of hydrogen-bond donors (Lipinski definition) is 0. The van der Waals surface area contributed by atoms with Gasteiger partial charge < -0.3 is 14.2 Å². The molecule has 1 aliphatic rings. The molecule has 0 radical (unpaired) electrons. The van der Waals surface area contributed by atoms with Gasteiger partial charge in [-0.2, -0.15) is 0 Å². The van der Waals surface area contributed by atoms with Crippen molar-refractivity contribution in [1.82, 2.24) is 0 Å². The molecule has 18 heavy (non-hydrogen) atoms. The Balaban J connectivity index is 2.12. The first-order chi connectivity index (χ1) is 8.74. The van der Waals surface area contributed by atoms with Crippen LogP contribution < -0.4 is 9.47 Å². The Kier molecular flexibility index (Phi) is 3.94. The van der Waals surface area contributed by atoms with Gasteiger partial charge in [0.2, 0.25) is 0 Å². The van der Waals surface area contributed by atoms with Crippen LogP contribution in [0.1, 0.15) is 23.2 Å². The van der Waals surface area contributed by atoms with E-state index in [9.17, 15) is 9.59 Å². The smallest absolute Gasteiger partial charge is 0.340 e. The van der Waals surface area contributed by atoms with Crippen molar-refractivity contribution in [1.29, 1.82) is 0 Å². The lowest BCUT2D eigenvalue weighted by Crippen LogP contribution is -2.24. The van der Waals surface area contributed by atoms with E-state index in [1.807, 2.05) is 0 Å². The molecule has 1 aromatic carbocycles. The number of methoxy groups -OCH3 is 1. The molecule has 0 bridgehead atoms. The quantitative estimate of drug-likeness (QED) is 0.461. The van der Waals surface area contributed by atoms with Crippen LogP contribution in [-0.4, -0.2) is 32.1 Å². The van der Waals surface area contributed by atoms with E-state index in [4.69, 9.17) is 14.2 Å². The van der Waals surface area contributed by atoms with Crippen molar-refractivity contribution in [3.8, 4) is 11.5 Å². The average molecular weight is 250 g/mol. The Morgan fingerprint density at radius 3 is 2.89 bits per heavy atom. The van der Waals surface area contributed by atoms with E-state index in [1.54, 1.807) is 6.07 Å². The van der Waals surface area contributed by atoms with Crippen LogP contribution in [0.5, 0.6) is 11.5 Å². The normalized spacial score (nSPS) is 18.4. The summed E-state index contributed by atoms with van der Waals surface area (Å²) in [5.41, 5.74) is 0.462. The summed E-state index contributed by atoms with van der Waals surface area (Å²) in [6, 6.07) is 4.62. The summed E-state index contributed by atoms with van der Waals surface area (Å²) in [4.78, 5) is 22.4. The first-order valence-electron chi connectivity index (χ1n) is 5.71. The minimum absolute atomic E-state index is 0.295. The molecule has 0 spiro atoms. The summed E-state index contributed by atoms with van der Waals surface area (Å²) in [5.74, 6) is 0.221. The first kappa shape index (κ1) is 12.6.